The maximum atomic E-state index is 11.2. The first-order chi connectivity index (χ1) is 5.79. The molecule has 1 aliphatic carbocycles. The van der Waals surface area contributed by atoms with Gasteiger partial charge in [0.25, 0.3) is 0 Å². The van der Waals surface area contributed by atoms with Gasteiger partial charge in [-0.3, -0.25) is 14.6 Å². The van der Waals surface area contributed by atoms with Crippen LogP contribution >= 0.6 is 0 Å². The summed E-state index contributed by atoms with van der Waals surface area (Å²) < 4.78 is 0. The Labute approximate surface area is 68.7 Å². The van der Waals surface area contributed by atoms with Crippen LogP contribution in [-0.2, 0) is 4.79 Å². The van der Waals surface area contributed by atoms with Gasteiger partial charge >= 0.3 is 0 Å². The van der Waals surface area contributed by atoms with Gasteiger partial charge in [-0.2, -0.15) is 0 Å². The number of aromatic nitrogens is 1. The van der Waals surface area contributed by atoms with E-state index in [1.165, 1.54) is 12.3 Å². The highest BCUT2D eigenvalue weighted by Crippen LogP contribution is 2.14. The molecule has 2 rings (SSSR count). The normalized spacial score (nSPS) is 14.7. The van der Waals surface area contributed by atoms with Crippen molar-refractivity contribution in [2.24, 2.45) is 0 Å². The molecule has 0 bridgehead atoms. The van der Waals surface area contributed by atoms with E-state index in [9.17, 15) is 9.59 Å². The van der Waals surface area contributed by atoms with E-state index in [4.69, 9.17) is 0 Å². The summed E-state index contributed by atoms with van der Waals surface area (Å²) in [5.74, 6) is -0.913. The number of fused-ring (bicyclic) bond motifs is 1. The smallest absolute Gasteiger partial charge is 0.233 e. The molecule has 0 radical (unpaired) electrons. The number of Topliss-reactive ketones (excluding diaryl/α,β-unsaturated/α-hetero) is 1. The summed E-state index contributed by atoms with van der Waals surface area (Å²) in [5, 5.41) is 0. The van der Waals surface area contributed by atoms with Crippen LogP contribution < -0.4 is 0 Å². The molecule has 0 aromatic carbocycles. The fourth-order valence-electron chi connectivity index (χ4n) is 1.12. The second kappa shape index (κ2) is 2.37. The number of carbonyl (C=O) groups is 2. The maximum Gasteiger partial charge on any atom is 0.233 e. The zero-order chi connectivity index (χ0) is 8.55. The first-order valence-electron chi connectivity index (χ1n) is 3.50. The lowest BCUT2D eigenvalue weighted by atomic mass is 9.98. The lowest BCUT2D eigenvalue weighted by Crippen LogP contribution is -2.15. The zero-order valence-corrected chi connectivity index (χ0v) is 6.15. The van der Waals surface area contributed by atoms with Gasteiger partial charge in [-0.25, -0.2) is 0 Å². The van der Waals surface area contributed by atoms with E-state index >= 15 is 0 Å². The predicted molar refractivity (Wildman–Crippen MR) is 42.6 cm³/mol. The van der Waals surface area contributed by atoms with Crippen molar-refractivity contribution in [3.8, 4) is 0 Å². The van der Waals surface area contributed by atoms with E-state index in [-0.39, 0.29) is 0 Å². The fraction of sp³-hybridized carbons (Fsp3) is 0. The molecule has 0 N–H and O–H groups in total. The summed E-state index contributed by atoms with van der Waals surface area (Å²) in [6.07, 6.45) is 5.94. The van der Waals surface area contributed by atoms with Crippen LogP contribution in [0.1, 0.15) is 15.9 Å². The van der Waals surface area contributed by atoms with E-state index in [1.807, 2.05) is 0 Å². The molecule has 3 heteroatoms. The Kier molecular flexibility index (Phi) is 1.37. The van der Waals surface area contributed by atoms with Crippen LogP contribution in [0.15, 0.2) is 24.5 Å². The molecule has 58 valence electrons. The Morgan fingerprint density at radius 3 is 2.83 bits per heavy atom. The number of pyridine rings is 1. The molecule has 0 unspecified atom stereocenters. The summed E-state index contributed by atoms with van der Waals surface area (Å²) in [7, 11) is 0. The molecule has 0 fully saturated rings. The van der Waals surface area contributed by atoms with Crippen molar-refractivity contribution in [3.63, 3.8) is 0 Å². The Balaban J connectivity index is 2.67. The van der Waals surface area contributed by atoms with Gasteiger partial charge in [-0.15, -0.1) is 0 Å². The van der Waals surface area contributed by atoms with Crippen molar-refractivity contribution >= 4 is 17.6 Å². The molecule has 0 amide bonds. The van der Waals surface area contributed by atoms with Crippen molar-refractivity contribution in [3.05, 3.63) is 35.7 Å². The Morgan fingerprint density at radius 2 is 2.00 bits per heavy atom. The van der Waals surface area contributed by atoms with Gasteiger partial charge in [0.1, 0.15) is 0 Å². The van der Waals surface area contributed by atoms with Gasteiger partial charge in [0.15, 0.2) is 0 Å². The van der Waals surface area contributed by atoms with Gasteiger partial charge in [0.2, 0.25) is 11.6 Å². The number of ketones is 2. The van der Waals surface area contributed by atoms with Crippen LogP contribution in [0.2, 0.25) is 0 Å². The van der Waals surface area contributed by atoms with Crippen molar-refractivity contribution in [2.45, 2.75) is 0 Å². The zero-order valence-electron chi connectivity index (χ0n) is 6.15. The predicted octanol–water partition coefficient (Wildman–Crippen LogP) is 0.860. The quantitative estimate of drug-likeness (QED) is 0.527. The molecule has 0 saturated carbocycles. The Hall–Kier alpha value is -1.77. The lowest BCUT2D eigenvalue weighted by Gasteiger charge is -2.05. The largest absolute Gasteiger partial charge is 0.286 e. The highest BCUT2D eigenvalue weighted by molar-refractivity contribution is 6.49. The third kappa shape index (κ3) is 0.871. The molecule has 1 heterocycles. The molecule has 1 aromatic heterocycles. The fourth-order valence-corrected chi connectivity index (χ4v) is 1.12. The van der Waals surface area contributed by atoms with Gasteiger partial charge in [0, 0.05) is 23.5 Å². The average Bonchev–Trinajstić information content (AvgIpc) is 2.12. The van der Waals surface area contributed by atoms with Crippen LogP contribution in [0.5, 0.6) is 0 Å². The minimum Gasteiger partial charge on any atom is -0.286 e. The molecule has 3 nitrogen and oxygen atoms in total. The average molecular weight is 159 g/mol. The van der Waals surface area contributed by atoms with E-state index in [0.29, 0.717) is 11.1 Å². The molecular weight excluding hydrogens is 154 g/mol. The monoisotopic (exact) mass is 159 g/mol. The Bertz CT molecular complexity index is 393. The highest BCUT2D eigenvalue weighted by atomic mass is 16.2. The SMILES string of the molecule is O=C1C=Cc2cnccc2C1=O. The second-order valence-corrected chi connectivity index (χ2v) is 2.49. The van der Waals surface area contributed by atoms with Gasteiger partial charge in [-0.05, 0) is 18.2 Å². The van der Waals surface area contributed by atoms with Crippen LogP contribution in [0.25, 0.3) is 6.08 Å². The number of hydrogen-bond donors (Lipinski definition) is 0. The third-order valence-corrected chi connectivity index (χ3v) is 1.73. The molecule has 12 heavy (non-hydrogen) atoms. The van der Waals surface area contributed by atoms with Gasteiger partial charge < -0.3 is 0 Å². The van der Waals surface area contributed by atoms with Crippen molar-refractivity contribution in [1.29, 1.82) is 0 Å². The topological polar surface area (TPSA) is 47.0 Å². The number of nitrogens with zero attached hydrogens (tertiary/aromatic N) is 1. The van der Waals surface area contributed by atoms with E-state index in [0.717, 1.165) is 0 Å². The summed E-state index contributed by atoms with van der Waals surface area (Å²) in [4.78, 5) is 25.9. The standard InChI is InChI=1S/C9H5NO2/c11-8-2-1-6-5-10-4-3-7(6)9(8)12/h1-5H. The second-order valence-electron chi connectivity index (χ2n) is 2.49. The lowest BCUT2D eigenvalue weighted by molar-refractivity contribution is -0.110. The van der Waals surface area contributed by atoms with Gasteiger partial charge in [-0.1, -0.05) is 0 Å². The van der Waals surface area contributed by atoms with Crippen LogP contribution in [0.3, 0.4) is 0 Å². The third-order valence-electron chi connectivity index (χ3n) is 1.73. The molecule has 1 aromatic rings. The van der Waals surface area contributed by atoms with Crippen molar-refractivity contribution in [2.75, 3.05) is 0 Å². The molecule has 0 saturated heterocycles. The van der Waals surface area contributed by atoms with Crippen molar-refractivity contribution in [1.82, 2.24) is 4.98 Å². The first kappa shape index (κ1) is 6.91. The van der Waals surface area contributed by atoms with Crippen molar-refractivity contribution < 1.29 is 9.59 Å². The molecule has 1 aliphatic rings. The molecule has 0 atom stereocenters. The molecule has 0 aliphatic heterocycles. The van der Waals surface area contributed by atoms with Gasteiger partial charge in [0.05, 0.1) is 0 Å². The number of carbonyl (C=O) groups excluding carboxylic acids is 2. The summed E-state index contributed by atoms with van der Waals surface area (Å²) in [5.41, 5.74) is 1.15. The number of allylic oxidation sites excluding steroid dienone is 1. The minimum absolute atomic E-state index is 0.442. The summed E-state index contributed by atoms with van der Waals surface area (Å²) in [6, 6.07) is 1.55. The van der Waals surface area contributed by atoms with E-state index in [1.54, 1.807) is 18.3 Å². The van der Waals surface area contributed by atoms with Crippen LogP contribution in [0, 0.1) is 0 Å². The number of rotatable bonds is 0. The molecule has 0 spiro atoms. The molecular formula is C9H5NO2. The van der Waals surface area contributed by atoms with E-state index < -0.39 is 11.6 Å². The van der Waals surface area contributed by atoms with E-state index in [2.05, 4.69) is 4.98 Å². The summed E-state index contributed by atoms with van der Waals surface area (Å²) >= 11 is 0. The minimum atomic E-state index is -0.464. The first-order valence-corrected chi connectivity index (χ1v) is 3.50. The summed E-state index contributed by atoms with van der Waals surface area (Å²) in [6.45, 7) is 0. The maximum absolute atomic E-state index is 11.2. The highest BCUT2D eigenvalue weighted by Gasteiger charge is 2.19. The van der Waals surface area contributed by atoms with Crippen LogP contribution in [0.4, 0.5) is 0 Å². The Morgan fingerprint density at radius 1 is 1.17 bits per heavy atom. The number of hydrogen-bond acceptors (Lipinski definition) is 3. The van der Waals surface area contributed by atoms with Crippen LogP contribution in [-0.4, -0.2) is 16.6 Å².